The van der Waals surface area contributed by atoms with E-state index in [1.165, 1.54) is 40.3 Å². The van der Waals surface area contributed by atoms with E-state index in [4.69, 9.17) is 10.6 Å². The topological polar surface area (TPSA) is 95.1 Å². The lowest BCUT2D eigenvalue weighted by molar-refractivity contribution is -0.119. The normalized spacial score (nSPS) is 11.8. The fourth-order valence-corrected chi connectivity index (χ4v) is 4.46. The van der Waals surface area contributed by atoms with Crippen molar-refractivity contribution in [1.82, 2.24) is 20.2 Å². The van der Waals surface area contributed by atoms with Gasteiger partial charge in [0.15, 0.2) is 17.4 Å². The Kier molecular flexibility index (Phi) is 7.20. The fraction of sp³-hybridized carbons (Fsp3) is 0.136. The van der Waals surface area contributed by atoms with Crippen LogP contribution in [0.4, 0.5) is 8.78 Å². The van der Waals surface area contributed by atoms with E-state index in [0.29, 0.717) is 5.16 Å². The van der Waals surface area contributed by atoms with Crippen molar-refractivity contribution in [2.24, 2.45) is 0 Å². The molecule has 2 heterocycles. The molecule has 0 saturated heterocycles. The maximum Gasteiger partial charge on any atom is 0.231 e. The number of aromatic nitrogens is 3. The van der Waals surface area contributed by atoms with Gasteiger partial charge < -0.3 is 15.9 Å². The van der Waals surface area contributed by atoms with E-state index >= 15 is 0 Å². The predicted octanol–water partition coefficient (Wildman–Crippen LogP) is 3.91. The first-order valence-corrected chi connectivity index (χ1v) is 11.7. The molecule has 33 heavy (non-hydrogen) atoms. The SMILES string of the molecule is Nn1c(COc2ccccc2F)nnc1SCC(=O)NC(c1ccc(F)cc1)c1cccs1. The first kappa shape index (κ1) is 22.7. The number of benzene rings is 2. The third-order valence-corrected chi connectivity index (χ3v) is 6.48. The van der Waals surface area contributed by atoms with Crippen LogP contribution < -0.4 is 15.9 Å². The molecule has 2 aromatic carbocycles. The molecule has 3 N–H and O–H groups in total. The molecule has 4 rings (SSSR count). The maximum absolute atomic E-state index is 13.7. The van der Waals surface area contributed by atoms with Crippen LogP contribution in [0.2, 0.25) is 0 Å². The van der Waals surface area contributed by atoms with Crippen molar-refractivity contribution >= 4 is 29.0 Å². The summed E-state index contributed by atoms with van der Waals surface area (Å²) in [7, 11) is 0. The van der Waals surface area contributed by atoms with E-state index in [0.717, 1.165) is 22.2 Å². The van der Waals surface area contributed by atoms with E-state index in [-0.39, 0.29) is 35.7 Å². The summed E-state index contributed by atoms with van der Waals surface area (Å²) in [4.78, 5) is 13.6. The second kappa shape index (κ2) is 10.5. The van der Waals surface area contributed by atoms with E-state index in [1.54, 1.807) is 24.3 Å². The second-order valence-electron chi connectivity index (χ2n) is 6.84. The minimum atomic E-state index is -0.492. The van der Waals surface area contributed by atoms with E-state index < -0.39 is 11.9 Å². The van der Waals surface area contributed by atoms with Crippen molar-refractivity contribution in [3.05, 3.63) is 93.9 Å². The predicted molar refractivity (Wildman–Crippen MR) is 122 cm³/mol. The molecule has 1 atom stereocenters. The third-order valence-electron chi connectivity index (χ3n) is 4.60. The number of hydrogen-bond donors (Lipinski definition) is 2. The zero-order chi connectivity index (χ0) is 23.2. The van der Waals surface area contributed by atoms with Crippen molar-refractivity contribution in [2.75, 3.05) is 11.6 Å². The monoisotopic (exact) mass is 487 g/mol. The average molecular weight is 488 g/mol. The summed E-state index contributed by atoms with van der Waals surface area (Å²) in [5.74, 6) is 5.31. The highest BCUT2D eigenvalue weighted by molar-refractivity contribution is 7.99. The Morgan fingerprint density at radius 3 is 2.64 bits per heavy atom. The number of thioether (sulfide) groups is 1. The van der Waals surface area contributed by atoms with Gasteiger partial charge >= 0.3 is 0 Å². The lowest BCUT2D eigenvalue weighted by Crippen LogP contribution is -2.30. The van der Waals surface area contributed by atoms with Crippen LogP contribution in [0.15, 0.2) is 71.2 Å². The number of ether oxygens (including phenoxy) is 1. The van der Waals surface area contributed by atoms with Crippen LogP contribution in [-0.2, 0) is 11.4 Å². The van der Waals surface area contributed by atoms with Crippen molar-refractivity contribution in [2.45, 2.75) is 17.8 Å². The smallest absolute Gasteiger partial charge is 0.231 e. The van der Waals surface area contributed by atoms with Gasteiger partial charge in [-0.15, -0.1) is 21.5 Å². The van der Waals surface area contributed by atoms with Crippen LogP contribution in [0.25, 0.3) is 0 Å². The molecule has 0 saturated carbocycles. The molecule has 0 bridgehead atoms. The minimum Gasteiger partial charge on any atom is -0.482 e. The molecule has 7 nitrogen and oxygen atoms in total. The Hall–Kier alpha value is -3.44. The molecule has 11 heteroatoms. The Balaban J connectivity index is 1.37. The average Bonchev–Trinajstić information content (AvgIpc) is 3.47. The highest BCUT2D eigenvalue weighted by Gasteiger charge is 2.19. The standard InChI is InChI=1S/C22H19F2N5O2S2/c23-15-9-7-14(8-10-15)21(18-6-3-11-32-18)26-20(30)13-33-22-28-27-19(29(22)25)12-31-17-5-2-1-4-16(17)24/h1-11,21H,12-13,25H2,(H,26,30). The number of hydrogen-bond acceptors (Lipinski definition) is 7. The second-order valence-corrected chi connectivity index (χ2v) is 8.77. The Morgan fingerprint density at radius 1 is 1.12 bits per heavy atom. The zero-order valence-electron chi connectivity index (χ0n) is 17.2. The van der Waals surface area contributed by atoms with Crippen molar-refractivity contribution in [3.63, 3.8) is 0 Å². The van der Waals surface area contributed by atoms with E-state index in [1.807, 2.05) is 17.5 Å². The summed E-state index contributed by atoms with van der Waals surface area (Å²) in [6, 6.07) is 15.4. The highest BCUT2D eigenvalue weighted by Crippen LogP contribution is 2.27. The van der Waals surface area contributed by atoms with Gasteiger partial charge in [-0.25, -0.2) is 13.5 Å². The molecule has 4 aromatic rings. The van der Waals surface area contributed by atoms with Crippen LogP contribution in [0, 0.1) is 11.6 Å². The number of carbonyl (C=O) groups excluding carboxylic acids is 1. The molecular weight excluding hydrogens is 468 g/mol. The summed E-state index contributed by atoms with van der Waals surface area (Å²) in [6.07, 6.45) is 0. The quantitative estimate of drug-likeness (QED) is 0.275. The number of halogens is 2. The number of nitrogens with one attached hydrogen (secondary N) is 1. The number of rotatable bonds is 9. The van der Waals surface area contributed by atoms with Crippen LogP contribution in [0.5, 0.6) is 5.75 Å². The molecule has 0 aliphatic carbocycles. The summed E-state index contributed by atoms with van der Waals surface area (Å²) >= 11 is 2.60. The lowest BCUT2D eigenvalue weighted by Gasteiger charge is -2.18. The van der Waals surface area contributed by atoms with Gasteiger partial charge in [-0.1, -0.05) is 42.1 Å². The molecule has 170 valence electrons. The summed E-state index contributed by atoms with van der Waals surface area (Å²) in [6.45, 7) is -0.0811. The van der Waals surface area contributed by atoms with Gasteiger partial charge in [0.25, 0.3) is 0 Å². The van der Waals surface area contributed by atoms with Gasteiger partial charge in [-0.05, 0) is 41.3 Å². The number of nitrogens with two attached hydrogens (primary N) is 1. The van der Waals surface area contributed by atoms with Gasteiger partial charge in [0.1, 0.15) is 12.4 Å². The van der Waals surface area contributed by atoms with Crippen molar-refractivity contribution in [1.29, 1.82) is 0 Å². The summed E-state index contributed by atoms with van der Waals surface area (Å²) in [5, 5.41) is 13.1. The zero-order valence-corrected chi connectivity index (χ0v) is 18.8. The highest BCUT2D eigenvalue weighted by atomic mass is 32.2. The molecule has 1 unspecified atom stereocenters. The first-order valence-electron chi connectivity index (χ1n) is 9.79. The first-order chi connectivity index (χ1) is 16.0. The number of nitrogen functional groups attached to an aromatic ring is 1. The Labute approximate surface area is 196 Å². The molecule has 0 spiro atoms. The van der Waals surface area contributed by atoms with Crippen LogP contribution in [0.3, 0.4) is 0 Å². The van der Waals surface area contributed by atoms with Gasteiger partial charge in [0.05, 0.1) is 11.8 Å². The molecule has 0 aliphatic heterocycles. The fourth-order valence-electron chi connectivity index (χ4n) is 2.97. The molecule has 0 radical (unpaired) electrons. The number of thiophene rings is 1. The number of nitrogens with zero attached hydrogens (tertiary/aromatic N) is 3. The lowest BCUT2D eigenvalue weighted by atomic mass is 10.1. The van der Waals surface area contributed by atoms with Crippen molar-refractivity contribution in [3.8, 4) is 5.75 Å². The van der Waals surface area contributed by atoms with Crippen LogP contribution in [0.1, 0.15) is 22.3 Å². The minimum absolute atomic E-state index is 0.0343. The van der Waals surface area contributed by atoms with E-state index in [2.05, 4.69) is 15.5 Å². The Morgan fingerprint density at radius 2 is 1.91 bits per heavy atom. The molecule has 0 aliphatic rings. The number of carbonyl (C=O) groups is 1. The van der Waals surface area contributed by atoms with E-state index in [9.17, 15) is 13.6 Å². The number of para-hydroxylation sites is 1. The van der Waals surface area contributed by atoms with Crippen molar-refractivity contribution < 1.29 is 18.3 Å². The van der Waals surface area contributed by atoms with Crippen LogP contribution >= 0.6 is 23.1 Å². The summed E-state index contributed by atoms with van der Waals surface area (Å²) < 4.78 is 33.6. The van der Waals surface area contributed by atoms with Gasteiger partial charge in [0.2, 0.25) is 11.1 Å². The van der Waals surface area contributed by atoms with Gasteiger partial charge in [-0.3, -0.25) is 4.79 Å². The number of amides is 1. The Bertz CT molecular complexity index is 1220. The third kappa shape index (κ3) is 5.68. The molecule has 1 amide bonds. The molecule has 2 aromatic heterocycles. The molecular formula is C22H19F2N5O2S2. The summed E-state index contributed by atoms with van der Waals surface area (Å²) in [5.41, 5.74) is 0.770. The largest absolute Gasteiger partial charge is 0.482 e. The molecule has 0 fully saturated rings. The van der Waals surface area contributed by atoms with Gasteiger partial charge in [0, 0.05) is 4.88 Å². The maximum atomic E-state index is 13.7. The van der Waals surface area contributed by atoms with Crippen LogP contribution in [-0.4, -0.2) is 26.5 Å². The van der Waals surface area contributed by atoms with Gasteiger partial charge in [-0.2, -0.15) is 0 Å².